The van der Waals surface area contributed by atoms with Crippen molar-refractivity contribution in [1.29, 1.82) is 0 Å². The summed E-state index contributed by atoms with van der Waals surface area (Å²) >= 11 is 0. The zero-order valence-electron chi connectivity index (χ0n) is 12.8. The fourth-order valence-corrected chi connectivity index (χ4v) is 2.59. The molecule has 0 aliphatic carbocycles. The molecule has 3 nitrogen and oxygen atoms in total. The van der Waals surface area contributed by atoms with Gasteiger partial charge in [-0.15, -0.1) is 6.58 Å². The Morgan fingerprint density at radius 2 is 2.22 bits per heavy atom. The molecular formula is C17H20F3NO2. The van der Waals surface area contributed by atoms with E-state index in [2.05, 4.69) is 6.58 Å². The van der Waals surface area contributed by atoms with Crippen molar-refractivity contribution in [1.82, 2.24) is 4.90 Å². The maximum absolute atomic E-state index is 12.7. The summed E-state index contributed by atoms with van der Waals surface area (Å²) in [6.07, 6.45) is -1.56. The number of carbonyl (C=O) groups is 1. The molecule has 1 aliphatic heterocycles. The smallest absolute Gasteiger partial charge is 0.374 e. The van der Waals surface area contributed by atoms with Crippen LogP contribution in [0.2, 0.25) is 0 Å². The molecule has 0 spiro atoms. The summed E-state index contributed by atoms with van der Waals surface area (Å²) in [5.41, 5.74) is -0.102. The van der Waals surface area contributed by atoms with Crippen LogP contribution >= 0.6 is 0 Å². The molecule has 1 heterocycles. The number of carbonyl (C=O) groups excluding carboxylic acids is 1. The van der Waals surface area contributed by atoms with Crippen molar-refractivity contribution in [3.63, 3.8) is 0 Å². The van der Waals surface area contributed by atoms with Gasteiger partial charge in [-0.25, -0.2) is 0 Å². The molecule has 0 radical (unpaired) electrons. The molecular weight excluding hydrogens is 307 g/mol. The third kappa shape index (κ3) is 5.10. The highest BCUT2D eigenvalue weighted by Gasteiger charge is 2.31. The van der Waals surface area contributed by atoms with E-state index >= 15 is 0 Å². The van der Waals surface area contributed by atoms with E-state index in [1.165, 1.54) is 6.07 Å². The molecule has 0 saturated carbocycles. The average molecular weight is 327 g/mol. The molecule has 1 amide bonds. The number of halogens is 3. The summed E-state index contributed by atoms with van der Waals surface area (Å²) in [6.45, 7) is 4.93. The van der Waals surface area contributed by atoms with E-state index in [9.17, 15) is 18.0 Å². The van der Waals surface area contributed by atoms with Crippen molar-refractivity contribution in [2.75, 3.05) is 19.7 Å². The first-order valence-electron chi connectivity index (χ1n) is 7.56. The Labute approximate surface area is 133 Å². The lowest BCUT2D eigenvalue weighted by molar-refractivity contribution is -0.138. The maximum atomic E-state index is 12.7. The Balaban J connectivity index is 1.97. The third-order valence-corrected chi connectivity index (χ3v) is 3.77. The van der Waals surface area contributed by atoms with Crippen LogP contribution in [0.15, 0.2) is 36.9 Å². The highest BCUT2D eigenvalue weighted by Crippen LogP contribution is 2.30. The first-order valence-corrected chi connectivity index (χ1v) is 7.56. The summed E-state index contributed by atoms with van der Waals surface area (Å²) < 4.78 is 43.8. The van der Waals surface area contributed by atoms with Gasteiger partial charge in [0.1, 0.15) is 0 Å². The number of hydrogen-bond acceptors (Lipinski definition) is 2. The van der Waals surface area contributed by atoms with Crippen molar-refractivity contribution in [2.24, 2.45) is 0 Å². The van der Waals surface area contributed by atoms with Gasteiger partial charge in [0.15, 0.2) is 0 Å². The molecule has 23 heavy (non-hydrogen) atoms. The Bertz CT molecular complexity index is 557. The molecule has 1 saturated heterocycles. The van der Waals surface area contributed by atoms with E-state index < -0.39 is 11.7 Å². The van der Waals surface area contributed by atoms with Crippen LogP contribution in [0, 0.1) is 0 Å². The van der Waals surface area contributed by atoms with Gasteiger partial charge in [0, 0.05) is 25.9 Å². The van der Waals surface area contributed by atoms with Gasteiger partial charge >= 0.3 is 6.18 Å². The van der Waals surface area contributed by atoms with Gasteiger partial charge in [-0.2, -0.15) is 13.2 Å². The Morgan fingerprint density at radius 1 is 1.43 bits per heavy atom. The monoisotopic (exact) mass is 327 g/mol. The second-order valence-corrected chi connectivity index (χ2v) is 5.56. The number of amides is 1. The molecule has 2 rings (SSSR count). The summed E-state index contributed by atoms with van der Waals surface area (Å²) in [6, 6.07) is 5.24. The van der Waals surface area contributed by atoms with Crippen LogP contribution in [0.25, 0.3) is 0 Å². The minimum atomic E-state index is -4.35. The largest absolute Gasteiger partial charge is 0.416 e. The lowest BCUT2D eigenvalue weighted by Crippen LogP contribution is -2.46. The number of ether oxygens (including phenoxy) is 1. The van der Waals surface area contributed by atoms with E-state index in [1.54, 1.807) is 17.0 Å². The van der Waals surface area contributed by atoms with Crippen molar-refractivity contribution in [2.45, 2.75) is 31.5 Å². The summed E-state index contributed by atoms with van der Waals surface area (Å²) in [4.78, 5) is 13.7. The molecule has 1 aromatic rings. The highest BCUT2D eigenvalue weighted by molar-refractivity contribution is 5.76. The van der Waals surface area contributed by atoms with Crippen LogP contribution in [-0.4, -0.2) is 36.6 Å². The lowest BCUT2D eigenvalue weighted by Gasteiger charge is -2.33. The van der Waals surface area contributed by atoms with Crippen molar-refractivity contribution < 1.29 is 22.7 Å². The molecule has 1 fully saturated rings. The van der Waals surface area contributed by atoms with Gasteiger partial charge in [0.25, 0.3) is 0 Å². The number of alkyl halides is 3. The molecule has 0 bridgehead atoms. The topological polar surface area (TPSA) is 29.5 Å². The summed E-state index contributed by atoms with van der Waals surface area (Å²) in [5.74, 6) is 0.0299. The van der Waals surface area contributed by atoms with E-state index in [1.807, 2.05) is 0 Å². The second kappa shape index (κ2) is 7.64. The predicted octanol–water partition coefficient (Wildman–Crippen LogP) is 3.44. The number of morpholine rings is 1. The molecule has 1 aliphatic rings. The zero-order valence-corrected chi connectivity index (χ0v) is 12.8. The molecule has 1 unspecified atom stereocenters. The fraction of sp³-hybridized carbons (Fsp3) is 0.471. The van der Waals surface area contributed by atoms with Crippen LogP contribution in [0.5, 0.6) is 0 Å². The molecule has 1 atom stereocenters. The van der Waals surface area contributed by atoms with Crippen LogP contribution < -0.4 is 0 Å². The maximum Gasteiger partial charge on any atom is 0.416 e. The number of nitrogens with zero attached hydrogens (tertiary/aromatic N) is 1. The van der Waals surface area contributed by atoms with Crippen molar-refractivity contribution in [3.8, 4) is 0 Å². The van der Waals surface area contributed by atoms with Gasteiger partial charge in [0.2, 0.25) is 5.91 Å². The molecule has 0 N–H and O–H groups in total. The predicted molar refractivity (Wildman–Crippen MR) is 80.9 cm³/mol. The Kier molecular flexibility index (Phi) is 5.82. The van der Waals surface area contributed by atoms with E-state index in [4.69, 9.17) is 4.74 Å². The average Bonchev–Trinajstić information content (AvgIpc) is 2.52. The third-order valence-electron chi connectivity index (χ3n) is 3.77. The number of allylic oxidation sites excluding steroid dienone is 1. The quantitative estimate of drug-likeness (QED) is 0.775. The lowest BCUT2D eigenvalue weighted by atomic mass is 10.0. The van der Waals surface area contributed by atoms with Crippen LogP contribution in [0.1, 0.15) is 24.0 Å². The minimum absolute atomic E-state index is 0.0299. The van der Waals surface area contributed by atoms with Crippen LogP contribution in [0.4, 0.5) is 13.2 Å². The van der Waals surface area contributed by atoms with Gasteiger partial charge in [-0.05, 0) is 18.1 Å². The number of rotatable bonds is 5. The standard InChI is InChI=1S/C17H20F3NO2/c1-2-3-7-16(22)21-8-9-23-15(12-21)11-13-5-4-6-14(10-13)17(18,19)20/h2,4-6,10,15H,1,3,7-9,11-12H2. The molecule has 0 aromatic heterocycles. The Morgan fingerprint density at radius 3 is 2.91 bits per heavy atom. The van der Waals surface area contributed by atoms with Gasteiger partial charge in [-0.1, -0.05) is 24.3 Å². The van der Waals surface area contributed by atoms with Crippen LogP contribution in [0.3, 0.4) is 0 Å². The second-order valence-electron chi connectivity index (χ2n) is 5.56. The first kappa shape index (κ1) is 17.5. The SMILES string of the molecule is C=CCCC(=O)N1CCOC(Cc2cccc(C(F)(F)F)c2)C1. The minimum Gasteiger partial charge on any atom is -0.374 e. The molecule has 6 heteroatoms. The van der Waals surface area contributed by atoms with Gasteiger partial charge in [0.05, 0.1) is 18.3 Å². The number of benzene rings is 1. The van der Waals surface area contributed by atoms with E-state index in [0.29, 0.717) is 44.5 Å². The van der Waals surface area contributed by atoms with Gasteiger partial charge < -0.3 is 9.64 Å². The van der Waals surface area contributed by atoms with Gasteiger partial charge in [-0.3, -0.25) is 4.79 Å². The highest BCUT2D eigenvalue weighted by atomic mass is 19.4. The van der Waals surface area contributed by atoms with Crippen molar-refractivity contribution in [3.05, 3.63) is 48.0 Å². The Hall–Kier alpha value is -1.82. The molecule has 1 aromatic carbocycles. The summed E-state index contributed by atoms with van der Waals surface area (Å²) in [5, 5.41) is 0. The van der Waals surface area contributed by atoms with Crippen LogP contribution in [-0.2, 0) is 22.1 Å². The fourth-order valence-electron chi connectivity index (χ4n) is 2.59. The zero-order chi connectivity index (χ0) is 16.9. The summed E-state index contributed by atoms with van der Waals surface area (Å²) in [7, 11) is 0. The number of hydrogen-bond donors (Lipinski definition) is 0. The molecule has 126 valence electrons. The van der Waals surface area contributed by atoms with E-state index in [0.717, 1.165) is 12.1 Å². The van der Waals surface area contributed by atoms with Crippen molar-refractivity contribution >= 4 is 5.91 Å². The first-order chi connectivity index (χ1) is 10.9. The van der Waals surface area contributed by atoms with E-state index in [-0.39, 0.29) is 12.0 Å². The normalized spacial score (nSPS) is 18.7.